The molecule has 1 aromatic carbocycles. The summed E-state index contributed by atoms with van der Waals surface area (Å²) in [5.74, 6) is 0.285. The van der Waals surface area contributed by atoms with E-state index in [1.807, 2.05) is 26.0 Å². The van der Waals surface area contributed by atoms with Crippen LogP contribution >= 0.6 is 23.1 Å². The molecule has 1 aliphatic heterocycles. The average molecular weight is 413 g/mol. The predicted molar refractivity (Wildman–Crippen MR) is 102 cm³/mol. The molecule has 0 N–H and O–H groups in total. The minimum Gasteiger partial charge on any atom is -0.339 e. The third-order valence-corrected chi connectivity index (χ3v) is 8.10. The summed E-state index contributed by atoms with van der Waals surface area (Å²) in [7, 11) is -3.53. The van der Waals surface area contributed by atoms with E-state index >= 15 is 0 Å². The van der Waals surface area contributed by atoms with Crippen molar-refractivity contribution in [1.82, 2.24) is 19.4 Å². The summed E-state index contributed by atoms with van der Waals surface area (Å²) < 4.78 is 28.0. The number of aryl methyl sites for hydroxylation is 2. The van der Waals surface area contributed by atoms with E-state index in [2.05, 4.69) is 10.2 Å². The van der Waals surface area contributed by atoms with Crippen molar-refractivity contribution >= 4 is 39.0 Å². The van der Waals surface area contributed by atoms with Crippen molar-refractivity contribution < 1.29 is 13.2 Å². The molecule has 2 heterocycles. The molecule has 0 saturated carbocycles. The Morgan fingerprint density at radius 2 is 1.96 bits per heavy atom. The molecule has 1 saturated heterocycles. The SMILES string of the molecule is Cc1ccc(S(=O)(=O)N2CCN(C(=O)CSc3nncs3)CC2)c(C)c1. The molecule has 0 radical (unpaired) electrons. The molecular weight excluding hydrogens is 392 g/mol. The van der Waals surface area contributed by atoms with Gasteiger partial charge in [0.05, 0.1) is 10.6 Å². The number of hydrogen-bond donors (Lipinski definition) is 0. The van der Waals surface area contributed by atoms with Crippen molar-refractivity contribution in [3.05, 3.63) is 34.8 Å². The van der Waals surface area contributed by atoms with E-state index in [-0.39, 0.29) is 5.91 Å². The van der Waals surface area contributed by atoms with Crippen LogP contribution < -0.4 is 0 Å². The van der Waals surface area contributed by atoms with Gasteiger partial charge in [0.15, 0.2) is 4.34 Å². The zero-order valence-electron chi connectivity index (χ0n) is 14.6. The van der Waals surface area contributed by atoms with Crippen LogP contribution in [0.1, 0.15) is 11.1 Å². The van der Waals surface area contributed by atoms with Gasteiger partial charge in [-0.2, -0.15) is 4.31 Å². The van der Waals surface area contributed by atoms with Gasteiger partial charge in [-0.3, -0.25) is 4.79 Å². The fourth-order valence-corrected chi connectivity index (χ4v) is 5.87. The van der Waals surface area contributed by atoms with E-state index in [1.54, 1.807) is 16.5 Å². The number of sulfonamides is 1. The summed E-state index contributed by atoms with van der Waals surface area (Å²) in [6.07, 6.45) is 0. The van der Waals surface area contributed by atoms with E-state index in [0.29, 0.717) is 36.8 Å². The second-order valence-corrected chi connectivity index (χ2v) is 10.0. The molecule has 3 rings (SSSR count). The molecule has 0 unspecified atom stereocenters. The van der Waals surface area contributed by atoms with Crippen LogP contribution in [0.15, 0.2) is 32.9 Å². The summed E-state index contributed by atoms with van der Waals surface area (Å²) >= 11 is 2.75. The number of amides is 1. The molecule has 0 atom stereocenters. The van der Waals surface area contributed by atoms with Gasteiger partial charge in [0.25, 0.3) is 0 Å². The van der Waals surface area contributed by atoms with Crippen molar-refractivity contribution in [3.63, 3.8) is 0 Å². The first-order valence-electron chi connectivity index (χ1n) is 8.12. The number of carbonyl (C=O) groups excluding carboxylic acids is 1. The lowest BCUT2D eigenvalue weighted by atomic mass is 10.2. The maximum absolute atomic E-state index is 12.9. The monoisotopic (exact) mass is 412 g/mol. The normalized spacial score (nSPS) is 16.0. The Balaban J connectivity index is 1.59. The Morgan fingerprint density at radius 3 is 2.58 bits per heavy atom. The van der Waals surface area contributed by atoms with Gasteiger partial charge < -0.3 is 4.90 Å². The molecule has 1 fully saturated rings. The fourth-order valence-electron chi connectivity index (χ4n) is 2.85. The second-order valence-electron chi connectivity index (χ2n) is 6.05. The number of rotatable bonds is 5. The molecule has 7 nitrogen and oxygen atoms in total. The minimum absolute atomic E-state index is 0.00577. The molecular formula is C16H20N4O3S3. The maximum Gasteiger partial charge on any atom is 0.243 e. The molecule has 1 amide bonds. The zero-order chi connectivity index (χ0) is 18.7. The number of aromatic nitrogens is 2. The molecule has 0 spiro atoms. The summed E-state index contributed by atoms with van der Waals surface area (Å²) in [6.45, 7) is 5.17. The number of thioether (sulfide) groups is 1. The lowest BCUT2D eigenvalue weighted by Gasteiger charge is -2.34. The van der Waals surface area contributed by atoms with Gasteiger partial charge in [0, 0.05) is 26.2 Å². The van der Waals surface area contributed by atoms with Crippen molar-refractivity contribution in [1.29, 1.82) is 0 Å². The Bertz CT molecular complexity index is 876. The Labute approximate surface area is 161 Å². The molecule has 26 heavy (non-hydrogen) atoms. The van der Waals surface area contributed by atoms with Crippen molar-refractivity contribution in [2.45, 2.75) is 23.1 Å². The Kier molecular flexibility index (Phi) is 5.96. The highest BCUT2D eigenvalue weighted by Gasteiger charge is 2.31. The topological polar surface area (TPSA) is 83.5 Å². The molecule has 0 aliphatic carbocycles. The summed E-state index contributed by atoms with van der Waals surface area (Å²) in [6, 6.07) is 5.35. The quantitative estimate of drug-likeness (QED) is 0.696. The highest BCUT2D eigenvalue weighted by Crippen LogP contribution is 2.23. The van der Waals surface area contributed by atoms with Crippen LogP contribution in [0.3, 0.4) is 0 Å². The summed E-state index contributed by atoms with van der Waals surface area (Å²) in [5, 5.41) is 7.64. The standard InChI is InChI=1S/C16H20N4O3S3/c1-12-3-4-14(13(2)9-12)26(22,23)20-7-5-19(6-8-20)15(21)10-24-16-18-17-11-25-16/h3-4,9,11H,5-8,10H2,1-2H3. The number of carbonyl (C=O) groups is 1. The van der Waals surface area contributed by atoms with Gasteiger partial charge >= 0.3 is 0 Å². The van der Waals surface area contributed by atoms with E-state index in [0.717, 1.165) is 15.5 Å². The van der Waals surface area contributed by atoms with Gasteiger partial charge in [0.1, 0.15) is 5.51 Å². The highest BCUT2D eigenvalue weighted by atomic mass is 32.2. The van der Waals surface area contributed by atoms with Gasteiger partial charge in [0.2, 0.25) is 15.9 Å². The van der Waals surface area contributed by atoms with Crippen LogP contribution in [0.5, 0.6) is 0 Å². The van der Waals surface area contributed by atoms with Crippen molar-refractivity contribution in [2.75, 3.05) is 31.9 Å². The van der Waals surface area contributed by atoms with Crippen molar-refractivity contribution in [3.8, 4) is 0 Å². The van der Waals surface area contributed by atoms with E-state index in [4.69, 9.17) is 0 Å². The first-order valence-corrected chi connectivity index (χ1v) is 11.4. The fraction of sp³-hybridized carbons (Fsp3) is 0.438. The molecule has 10 heteroatoms. The first-order chi connectivity index (χ1) is 12.4. The van der Waals surface area contributed by atoms with Gasteiger partial charge in [-0.05, 0) is 25.5 Å². The van der Waals surface area contributed by atoms with E-state index in [1.165, 1.54) is 27.4 Å². The molecule has 1 aromatic heterocycles. The van der Waals surface area contributed by atoms with Crippen LogP contribution in [-0.2, 0) is 14.8 Å². The molecule has 140 valence electrons. The zero-order valence-corrected chi connectivity index (χ0v) is 17.0. The lowest BCUT2D eigenvalue weighted by molar-refractivity contribution is -0.129. The Morgan fingerprint density at radius 1 is 1.23 bits per heavy atom. The smallest absolute Gasteiger partial charge is 0.243 e. The predicted octanol–water partition coefficient (Wildman–Crippen LogP) is 1.78. The minimum atomic E-state index is -3.53. The van der Waals surface area contributed by atoms with Crippen LogP contribution in [0, 0.1) is 13.8 Å². The van der Waals surface area contributed by atoms with Crippen molar-refractivity contribution in [2.24, 2.45) is 0 Å². The van der Waals surface area contributed by atoms with Crippen LogP contribution in [0.2, 0.25) is 0 Å². The van der Waals surface area contributed by atoms with Crippen LogP contribution in [-0.4, -0.2) is 65.7 Å². The lowest BCUT2D eigenvalue weighted by Crippen LogP contribution is -2.51. The van der Waals surface area contributed by atoms with Gasteiger partial charge in [-0.25, -0.2) is 8.42 Å². The third kappa shape index (κ3) is 4.25. The summed E-state index contributed by atoms with van der Waals surface area (Å²) in [5.41, 5.74) is 3.41. The molecule has 0 bridgehead atoms. The average Bonchev–Trinajstić information content (AvgIpc) is 3.13. The number of piperazine rings is 1. The van der Waals surface area contributed by atoms with Crippen LogP contribution in [0.4, 0.5) is 0 Å². The van der Waals surface area contributed by atoms with Gasteiger partial charge in [-0.15, -0.1) is 10.2 Å². The number of hydrogen-bond acceptors (Lipinski definition) is 7. The highest BCUT2D eigenvalue weighted by molar-refractivity contribution is 8.01. The largest absolute Gasteiger partial charge is 0.339 e. The third-order valence-electron chi connectivity index (χ3n) is 4.20. The first kappa shape index (κ1) is 19.3. The van der Waals surface area contributed by atoms with E-state index < -0.39 is 10.0 Å². The summed E-state index contributed by atoms with van der Waals surface area (Å²) in [4.78, 5) is 14.4. The maximum atomic E-state index is 12.9. The Hall–Kier alpha value is -1.49. The number of benzene rings is 1. The van der Waals surface area contributed by atoms with Crippen LogP contribution in [0.25, 0.3) is 0 Å². The number of nitrogens with zero attached hydrogens (tertiary/aromatic N) is 4. The molecule has 2 aromatic rings. The second kappa shape index (κ2) is 8.03. The molecule has 1 aliphatic rings. The van der Waals surface area contributed by atoms with Gasteiger partial charge in [-0.1, -0.05) is 40.8 Å². The van der Waals surface area contributed by atoms with E-state index in [9.17, 15) is 13.2 Å².